The standard InChI is InChI=1S/C10H10BrN3.C10H11N3/c1-6-4-3-5-8(12-6)10-9(11)7(2)13-14-10;1-7-4-3-5-9(11-7)10-6-8(2)12-13-10/h3-5H,1-2H3,(H,13,14);3-6H,1-2H3,(H,12,13). The van der Waals surface area contributed by atoms with Gasteiger partial charge in [0.2, 0.25) is 0 Å². The summed E-state index contributed by atoms with van der Waals surface area (Å²) in [6.45, 7) is 7.89. The van der Waals surface area contributed by atoms with E-state index in [1.807, 2.05) is 70.2 Å². The maximum Gasteiger partial charge on any atom is 0.125 e. The van der Waals surface area contributed by atoms with Crippen molar-refractivity contribution in [3.8, 4) is 22.8 Å². The quantitative estimate of drug-likeness (QED) is 0.477. The third-order valence-electron chi connectivity index (χ3n) is 3.86. The van der Waals surface area contributed by atoms with Gasteiger partial charge < -0.3 is 0 Å². The summed E-state index contributed by atoms with van der Waals surface area (Å²) in [5.74, 6) is 0. The fraction of sp³-hybridized carbons (Fsp3) is 0.200. The monoisotopic (exact) mass is 424 g/mol. The molecule has 4 aromatic rings. The highest BCUT2D eigenvalue weighted by Gasteiger charge is 2.10. The molecular formula is C20H21BrN6. The summed E-state index contributed by atoms with van der Waals surface area (Å²) in [6, 6.07) is 13.8. The smallest absolute Gasteiger partial charge is 0.125 e. The first-order valence-corrected chi connectivity index (χ1v) is 9.34. The van der Waals surface area contributed by atoms with Crippen LogP contribution in [0.15, 0.2) is 46.9 Å². The molecule has 0 unspecified atom stereocenters. The minimum atomic E-state index is 0.867. The highest BCUT2D eigenvalue weighted by molar-refractivity contribution is 9.10. The molecule has 4 rings (SSSR count). The van der Waals surface area contributed by atoms with E-state index in [2.05, 4.69) is 46.3 Å². The molecule has 0 amide bonds. The van der Waals surface area contributed by atoms with Crippen molar-refractivity contribution in [3.05, 3.63) is 69.7 Å². The zero-order valence-corrected chi connectivity index (χ0v) is 17.3. The lowest BCUT2D eigenvalue weighted by Gasteiger charge is -1.97. The van der Waals surface area contributed by atoms with E-state index in [0.717, 1.165) is 50.0 Å². The van der Waals surface area contributed by atoms with Gasteiger partial charge >= 0.3 is 0 Å². The van der Waals surface area contributed by atoms with Gasteiger partial charge in [-0.2, -0.15) is 10.2 Å². The number of nitrogens with one attached hydrogen (secondary N) is 2. The number of rotatable bonds is 2. The van der Waals surface area contributed by atoms with Crippen LogP contribution >= 0.6 is 15.9 Å². The molecule has 0 saturated heterocycles. The van der Waals surface area contributed by atoms with Crippen LogP contribution in [-0.4, -0.2) is 30.4 Å². The highest BCUT2D eigenvalue weighted by Crippen LogP contribution is 2.26. The van der Waals surface area contributed by atoms with Crippen LogP contribution in [0.3, 0.4) is 0 Å². The number of hydrogen-bond donors (Lipinski definition) is 2. The first kappa shape index (κ1) is 19.0. The van der Waals surface area contributed by atoms with Crippen molar-refractivity contribution in [2.24, 2.45) is 0 Å². The number of halogens is 1. The molecule has 27 heavy (non-hydrogen) atoms. The third-order valence-corrected chi connectivity index (χ3v) is 4.83. The van der Waals surface area contributed by atoms with E-state index in [4.69, 9.17) is 0 Å². The number of H-pyrrole nitrogens is 2. The van der Waals surface area contributed by atoms with Crippen molar-refractivity contribution in [2.45, 2.75) is 27.7 Å². The van der Waals surface area contributed by atoms with Gasteiger partial charge in [0.15, 0.2) is 0 Å². The molecule has 0 saturated carbocycles. The van der Waals surface area contributed by atoms with Crippen LogP contribution in [0.25, 0.3) is 22.8 Å². The minimum Gasteiger partial charge on any atom is -0.282 e. The maximum atomic E-state index is 4.41. The van der Waals surface area contributed by atoms with E-state index < -0.39 is 0 Å². The van der Waals surface area contributed by atoms with Gasteiger partial charge in [-0.05, 0) is 74.0 Å². The fourth-order valence-corrected chi connectivity index (χ4v) is 2.88. The minimum absolute atomic E-state index is 0.867. The molecule has 0 aliphatic carbocycles. The van der Waals surface area contributed by atoms with E-state index in [0.29, 0.717) is 0 Å². The number of nitrogens with zero attached hydrogens (tertiary/aromatic N) is 4. The summed E-state index contributed by atoms with van der Waals surface area (Å²) in [5, 5.41) is 14.1. The van der Waals surface area contributed by atoms with Gasteiger partial charge in [-0.3, -0.25) is 20.2 Å². The van der Waals surface area contributed by atoms with Gasteiger partial charge in [-0.25, -0.2) is 0 Å². The van der Waals surface area contributed by atoms with Crippen molar-refractivity contribution in [1.82, 2.24) is 30.4 Å². The van der Waals surface area contributed by atoms with Crippen LogP contribution in [0.1, 0.15) is 22.8 Å². The lowest BCUT2D eigenvalue weighted by molar-refractivity contribution is 1.04. The Labute approximate surface area is 166 Å². The van der Waals surface area contributed by atoms with Gasteiger partial charge in [-0.15, -0.1) is 0 Å². The average molecular weight is 425 g/mol. The molecule has 0 fully saturated rings. The molecule has 0 atom stereocenters. The highest BCUT2D eigenvalue weighted by atomic mass is 79.9. The summed E-state index contributed by atoms with van der Waals surface area (Å²) >= 11 is 3.48. The third kappa shape index (κ3) is 4.68. The second-order valence-electron chi connectivity index (χ2n) is 6.28. The van der Waals surface area contributed by atoms with E-state index in [-0.39, 0.29) is 0 Å². The van der Waals surface area contributed by atoms with Crippen molar-refractivity contribution >= 4 is 15.9 Å². The van der Waals surface area contributed by atoms with Crippen LogP contribution < -0.4 is 0 Å². The van der Waals surface area contributed by atoms with Gasteiger partial charge in [0.05, 0.1) is 15.9 Å². The molecule has 7 heteroatoms. The molecule has 0 spiro atoms. The number of aryl methyl sites for hydroxylation is 4. The molecule has 0 aliphatic rings. The molecule has 4 heterocycles. The Kier molecular flexibility index (Phi) is 5.81. The van der Waals surface area contributed by atoms with Crippen molar-refractivity contribution < 1.29 is 0 Å². The number of aromatic nitrogens is 6. The summed E-state index contributed by atoms with van der Waals surface area (Å²) in [5.41, 5.74) is 7.66. The maximum absolute atomic E-state index is 4.41. The van der Waals surface area contributed by atoms with Gasteiger partial charge in [0.25, 0.3) is 0 Å². The predicted octanol–water partition coefficient (Wildman–Crippen LogP) is 4.94. The van der Waals surface area contributed by atoms with Crippen LogP contribution in [0.4, 0.5) is 0 Å². The van der Waals surface area contributed by atoms with E-state index in [9.17, 15) is 0 Å². The number of aromatic amines is 2. The zero-order chi connectivity index (χ0) is 19.4. The summed E-state index contributed by atoms with van der Waals surface area (Å²) < 4.78 is 0.982. The van der Waals surface area contributed by atoms with Crippen molar-refractivity contribution in [2.75, 3.05) is 0 Å². The van der Waals surface area contributed by atoms with Gasteiger partial charge in [0.1, 0.15) is 11.4 Å². The Hall–Kier alpha value is -2.80. The molecule has 0 aliphatic heterocycles. The molecule has 138 valence electrons. The lowest BCUT2D eigenvalue weighted by atomic mass is 10.2. The molecule has 0 bridgehead atoms. The van der Waals surface area contributed by atoms with Crippen molar-refractivity contribution in [1.29, 1.82) is 0 Å². The van der Waals surface area contributed by atoms with Crippen LogP contribution in [0, 0.1) is 27.7 Å². The van der Waals surface area contributed by atoms with Gasteiger partial charge in [-0.1, -0.05) is 12.1 Å². The Balaban J connectivity index is 0.000000156. The topological polar surface area (TPSA) is 83.1 Å². The second-order valence-corrected chi connectivity index (χ2v) is 7.07. The number of pyridine rings is 2. The van der Waals surface area contributed by atoms with Crippen LogP contribution in [0.2, 0.25) is 0 Å². The van der Waals surface area contributed by atoms with E-state index in [1.165, 1.54) is 0 Å². The summed E-state index contributed by atoms with van der Waals surface area (Å²) in [7, 11) is 0. The molecule has 4 aromatic heterocycles. The molecule has 0 aromatic carbocycles. The number of hydrogen-bond acceptors (Lipinski definition) is 4. The Morgan fingerprint density at radius 3 is 1.89 bits per heavy atom. The van der Waals surface area contributed by atoms with Crippen molar-refractivity contribution in [3.63, 3.8) is 0 Å². The largest absolute Gasteiger partial charge is 0.282 e. The van der Waals surface area contributed by atoms with Crippen LogP contribution in [-0.2, 0) is 0 Å². The lowest BCUT2D eigenvalue weighted by Crippen LogP contribution is -1.86. The molecule has 0 radical (unpaired) electrons. The second kappa shape index (κ2) is 8.26. The first-order chi connectivity index (χ1) is 12.9. The Morgan fingerprint density at radius 2 is 1.37 bits per heavy atom. The van der Waals surface area contributed by atoms with Gasteiger partial charge in [0, 0.05) is 22.8 Å². The Morgan fingerprint density at radius 1 is 0.741 bits per heavy atom. The molecule has 6 nitrogen and oxygen atoms in total. The zero-order valence-electron chi connectivity index (χ0n) is 15.7. The normalized spacial score (nSPS) is 10.4. The predicted molar refractivity (Wildman–Crippen MR) is 110 cm³/mol. The first-order valence-electron chi connectivity index (χ1n) is 8.54. The van der Waals surface area contributed by atoms with Crippen LogP contribution in [0.5, 0.6) is 0 Å². The fourth-order valence-electron chi connectivity index (χ4n) is 2.50. The summed E-state index contributed by atoms with van der Waals surface area (Å²) in [4.78, 5) is 8.78. The summed E-state index contributed by atoms with van der Waals surface area (Å²) in [6.07, 6.45) is 0. The average Bonchev–Trinajstić information content (AvgIpc) is 3.22. The Bertz CT molecular complexity index is 1050. The van der Waals surface area contributed by atoms with E-state index in [1.54, 1.807) is 0 Å². The molecular weight excluding hydrogens is 404 g/mol. The van der Waals surface area contributed by atoms with E-state index >= 15 is 0 Å². The SMILES string of the molecule is Cc1cccc(-c2cc(C)[nH]n2)n1.Cc1cccc(-c2n[nH]c(C)c2Br)n1. The molecule has 2 N–H and O–H groups in total.